The summed E-state index contributed by atoms with van der Waals surface area (Å²) in [7, 11) is 0. The van der Waals surface area contributed by atoms with Gasteiger partial charge in [-0.05, 0) is 55.0 Å². The number of amides is 2. The molecule has 2 amide bonds. The van der Waals surface area contributed by atoms with Crippen LogP contribution in [0.1, 0.15) is 23.0 Å². The molecule has 0 aliphatic heterocycles. The molecule has 0 unspecified atom stereocenters. The Morgan fingerprint density at radius 1 is 1.08 bits per heavy atom. The van der Waals surface area contributed by atoms with Gasteiger partial charge in [-0.3, -0.25) is 9.59 Å². The molecule has 0 saturated carbocycles. The molecule has 1 heterocycles. The Morgan fingerprint density at radius 2 is 1.81 bits per heavy atom. The van der Waals surface area contributed by atoms with E-state index in [1.165, 1.54) is 37.6 Å². The highest BCUT2D eigenvalue weighted by Gasteiger charge is 2.18. The van der Waals surface area contributed by atoms with E-state index in [1.54, 1.807) is 18.2 Å². The highest BCUT2D eigenvalue weighted by Crippen LogP contribution is 2.25. The van der Waals surface area contributed by atoms with Crippen molar-refractivity contribution in [2.75, 3.05) is 10.6 Å². The normalized spacial score (nSPS) is 10.4. The van der Waals surface area contributed by atoms with E-state index >= 15 is 0 Å². The molecule has 3 rings (SSSR count). The summed E-state index contributed by atoms with van der Waals surface area (Å²) in [5, 5.41) is 5.45. The molecule has 0 fully saturated rings. The number of anilines is 2. The third kappa shape index (κ3) is 3.77. The molecule has 0 spiro atoms. The van der Waals surface area contributed by atoms with Gasteiger partial charge in [-0.15, -0.1) is 0 Å². The lowest BCUT2D eigenvalue weighted by molar-refractivity contribution is -0.114. The highest BCUT2D eigenvalue weighted by molar-refractivity contribution is 6.06. The van der Waals surface area contributed by atoms with Crippen molar-refractivity contribution in [2.45, 2.75) is 13.8 Å². The Balaban J connectivity index is 1.81. The number of carbonyl (C=O) groups is 2. The van der Waals surface area contributed by atoms with Gasteiger partial charge in [-0.1, -0.05) is 0 Å². The van der Waals surface area contributed by atoms with Crippen molar-refractivity contribution in [3.8, 4) is 11.3 Å². The number of aromatic nitrogens is 1. The molecule has 7 heteroatoms. The maximum absolute atomic E-state index is 13.1. The molecule has 0 bridgehead atoms. The van der Waals surface area contributed by atoms with Crippen LogP contribution in [0.4, 0.5) is 15.8 Å². The number of halogens is 1. The van der Waals surface area contributed by atoms with Crippen LogP contribution in [0.3, 0.4) is 0 Å². The van der Waals surface area contributed by atoms with Gasteiger partial charge in [-0.2, -0.15) is 0 Å². The minimum absolute atomic E-state index is 0.0974. The molecule has 0 atom stereocenters. The van der Waals surface area contributed by atoms with Crippen molar-refractivity contribution >= 4 is 23.2 Å². The highest BCUT2D eigenvalue weighted by atomic mass is 19.1. The third-order valence-electron chi connectivity index (χ3n) is 3.68. The quantitative estimate of drug-likeness (QED) is 0.742. The average molecular weight is 353 g/mol. The Bertz CT molecular complexity index is 964. The molecule has 0 saturated heterocycles. The van der Waals surface area contributed by atoms with Crippen LogP contribution < -0.4 is 10.6 Å². The van der Waals surface area contributed by atoms with Crippen molar-refractivity contribution in [3.63, 3.8) is 0 Å². The maximum Gasteiger partial charge on any atom is 0.278 e. The van der Waals surface area contributed by atoms with Gasteiger partial charge in [0.1, 0.15) is 5.82 Å². The molecule has 3 aromatic rings. The van der Waals surface area contributed by atoms with E-state index in [2.05, 4.69) is 15.6 Å². The molecule has 0 aliphatic rings. The number of oxazole rings is 1. The van der Waals surface area contributed by atoms with Gasteiger partial charge in [0, 0.05) is 23.9 Å². The summed E-state index contributed by atoms with van der Waals surface area (Å²) in [6.45, 7) is 3.25. The van der Waals surface area contributed by atoms with E-state index in [-0.39, 0.29) is 23.2 Å². The molecule has 1 aromatic heterocycles. The minimum Gasteiger partial charge on any atom is -0.443 e. The lowest BCUT2D eigenvalue weighted by atomic mass is 10.1. The van der Waals surface area contributed by atoms with Gasteiger partial charge in [0.2, 0.25) is 5.91 Å². The van der Waals surface area contributed by atoms with Crippen LogP contribution in [0.5, 0.6) is 0 Å². The van der Waals surface area contributed by atoms with E-state index in [9.17, 15) is 14.0 Å². The van der Waals surface area contributed by atoms with Crippen LogP contribution in [-0.2, 0) is 4.79 Å². The van der Waals surface area contributed by atoms with Crippen LogP contribution in [0.25, 0.3) is 11.3 Å². The fourth-order valence-corrected chi connectivity index (χ4v) is 2.48. The van der Waals surface area contributed by atoms with E-state index in [0.29, 0.717) is 16.9 Å². The van der Waals surface area contributed by atoms with Crippen LogP contribution >= 0.6 is 0 Å². The third-order valence-corrected chi connectivity index (χ3v) is 3.68. The first-order chi connectivity index (χ1) is 12.4. The second-order valence-electron chi connectivity index (χ2n) is 5.70. The number of hydrogen-bond acceptors (Lipinski definition) is 4. The molecular weight excluding hydrogens is 337 g/mol. The van der Waals surface area contributed by atoms with Crippen LogP contribution in [-0.4, -0.2) is 16.8 Å². The Labute approximate surface area is 149 Å². The van der Waals surface area contributed by atoms with E-state index in [4.69, 9.17) is 4.42 Å². The van der Waals surface area contributed by atoms with Crippen LogP contribution in [0.15, 0.2) is 53.3 Å². The van der Waals surface area contributed by atoms with Crippen molar-refractivity contribution in [3.05, 3.63) is 65.9 Å². The van der Waals surface area contributed by atoms with E-state index in [0.717, 1.165) is 5.56 Å². The van der Waals surface area contributed by atoms with Gasteiger partial charge < -0.3 is 15.1 Å². The molecular formula is C19H16FN3O3. The first-order valence-electron chi connectivity index (χ1n) is 7.83. The number of rotatable bonds is 4. The van der Waals surface area contributed by atoms with Gasteiger partial charge in [0.05, 0.1) is 0 Å². The summed E-state index contributed by atoms with van der Waals surface area (Å²) < 4.78 is 18.4. The smallest absolute Gasteiger partial charge is 0.278 e. The van der Waals surface area contributed by atoms with Gasteiger partial charge in [-0.25, -0.2) is 9.37 Å². The van der Waals surface area contributed by atoms with Crippen LogP contribution in [0.2, 0.25) is 0 Å². The first-order valence-corrected chi connectivity index (χ1v) is 7.83. The number of nitrogens with one attached hydrogen (secondary N) is 2. The van der Waals surface area contributed by atoms with Crippen molar-refractivity contribution in [1.29, 1.82) is 0 Å². The van der Waals surface area contributed by atoms with Crippen LogP contribution in [0, 0.1) is 12.7 Å². The fraction of sp³-hybridized carbons (Fsp3) is 0.105. The average Bonchev–Trinajstić information content (AvgIpc) is 3.07. The largest absolute Gasteiger partial charge is 0.443 e. The first kappa shape index (κ1) is 17.3. The molecule has 0 radical (unpaired) electrons. The van der Waals surface area contributed by atoms with E-state index < -0.39 is 5.91 Å². The number of aryl methyl sites for hydroxylation is 1. The molecule has 0 aliphatic carbocycles. The lowest BCUT2D eigenvalue weighted by Gasteiger charge is -2.10. The Morgan fingerprint density at radius 3 is 2.46 bits per heavy atom. The van der Waals surface area contributed by atoms with Gasteiger partial charge in [0.25, 0.3) is 5.91 Å². The summed E-state index contributed by atoms with van der Waals surface area (Å²) >= 11 is 0. The predicted octanol–water partition coefficient (Wildman–Crippen LogP) is 4.00. The number of hydrogen-bond donors (Lipinski definition) is 2. The summed E-state index contributed by atoms with van der Waals surface area (Å²) in [5.74, 6) is -0.746. The fourth-order valence-electron chi connectivity index (χ4n) is 2.48. The van der Waals surface area contributed by atoms with Gasteiger partial charge in [0.15, 0.2) is 17.8 Å². The van der Waals surface area contributed by atoms with E-state index in [1.807, 2.05) is 6.92 Å². The second kappa shape index (κ2) is 7.18. The lowest BCUT2D eigenvalue weighted by Crippen LogP contribution is -2.14. The summed E-state index contributed by atoms with van der Waals surface area (Å²) in [4.78, 5) is 27.6. The number of nitrogens with zero attached hydrogens (tertiary/aromatic N) is 1. The summed E-state index contributed by atoms with van der Waals surface area (Å²) in [6, 6.07) is 10.7. The molecule has 26 heavy (non-hydrogen) atoms. The minimum atomic E-state index is -0.454. The summed E-state index contributed by atoms with van der Waals surface area (Å²) in [5.41, 5.74) is 2.67. The Hall–Kier alpha value is -3.48. The SMILES string of the molecule is CC(=O)Nc1ccc(NC(=O)c2ncoc2-c2ccc(F)cc2)cc1C. The topological polar surface area (TPSA) is 84.2 Å². The van der Waals surface area contributed by atoms with Crippen molar-refractivity contribution in [2.24, 2.45) is 0 Å². The number of benzene rings is 2. The zero-order chi connectivity index (χ0) is 18.7. The van der Waals surface area contributed by atoms with Gasteiger partial charge >= 0.3 is 0 Å². The predicted molar refractivity (Wildman–Crippen MR) is 95.3 cm³/mol. The zero-order valence-corrected chi connectivity index (χ0v) is 14.2. The zero-order valence-electron chi connectivity index (χ0n) is 14.2. The molecule has 6 nitrogen and oxygen atoms in total. The standard InChI is InChI=1S/C19H16FN3O3/c1-11-9-15(7-8-16(11)22-12(2)24)23-19(25)17-18(26-10-21-17)13-3-5-14(20)6-4-13/h3-10H,1-2H3,(H,22,24)(H,23,25). The van der Waals surface area contributed by atoms with Crippen molar-refractivity contribution in [1.82, 2.24) is 4.98 Å². The molecule has 2 aromatic carbocycles. The second-order valence-corrected chi connectivity index (χ2v) is 5.70. The maximum atomic E-state index is 13.1. The monoisotopic (exact) mass is 353 g/mol. The summed E-state index contributed by atoms with van der Waals surface area (Å²) in [6.07, 6.45) is 1.17. The number of carbonyl (C=O) groups excluding carboxylic acids is 2. The van der Waals surface area contributed by atoms with Crippen molar-refractivity contribution < 1.29 is 18.4 Å². The Kier molecular flexibility index (Phi) is 4.79. The molecule has 2 N–H and O–H groups in total. The molecule has 132 valence electrons.